The van der Waals surface area contributed by atoms with E-state index >= 15 is 0 Å². The first-order valence-corrected chi connectivity index (χ1v) is 12.3. The van der Waals surface area contributed by atoms with Crippen molar-refractivity contribution >= 4 is 21.1 Å². The highest BCUT2D eigenvalue weighted by Crippen LogP contribution is 2.41. The van der Waals surface area contributed by atoms with Crippen LogP contribution in [0.4, 0.5) is 26.3 Å². The Balaban J connectivity index is 2.29. The molecule has 3 aromatic rings. The molecule has 1 heterocycles. The van der Waals surface area contributed by atoms with Gasteiger partial charge in [-0.3, -0.25) is 0 Å². The molecule has 0 radical (unpaired) electrons. The van der Waals surface area contributed by atoms with Crippen molar-refractivity contribution in [2.24, 2.45) is 5.41 Å². The quantitative estimate of drug-likeness (QED) is 0.373. The maximum Gasteiger partial charge on any atom is 0.417 e. The van der Waals surface area contributed by atoms with Crippen LogP contribution in [0.2, 0.25) is 0 Å². The summed E-state index contributed by atoms with van der Waals surface area (Å²) in [6, 6.07) is 6.40. The second-order valence-electron chi connectivity index (χ2n) is 9.93. The molecule has 3 rings (SSSR count). The SMILES string of the molecule is CN(C)S(=O)(=O)N[C@@H](c1cn(CC(C)(C)C)c2cc(-c3ccccc3C(F)(F)F)ccc12)C(F)(F)F. The number of benzene rings is 2. The number of nitrogens with zero attached hydrogens (tertiary/aromatic N) is 2. The number of fused-ring (bicyclic) bond motifs is 1. The van der Waals surface area contributed by atoms with Gasteiger partial charge in [-0.25, -0.2) is 0 Å². The lowest BCUT2D eigenvalue weighted by molar-refractivity contribution is -0.153. The molecule has 0 fully saturated rings. The molecule has 0 saturated heterocycles. The molecule has 0 spiro atoms. The first-order chi connectivity index (χ1) is 16.3. The van der Waals surface area contributed by atoms with Gasteiger partial charge >= 0.3 is 12.4 Å². The third-order valence-corrected chi connectivity index (χ3v) is 6.98. The topological polar surface area (TPSA) is 54.3 Å². The summed E-state index contributed by atoms with van der Waals surface area (Å²) in [4.78, 5) is 0. The number of rotatable bonds is 6. The molecule has 1 atom stereocenters. The van der Waals surface area contributed by atoms with E-state index < -0.39 is 39.6 Å². The van der Waals surface area contributed by atoms with Crippen molar-refractivity contribution in [3.63, 3.8) is 0 Å². The van der Waals surface area contributed by atoms with Crippen LogP contribution in [-0.2, 0) is 22.9 Å². The molecule has 198 valence electrons. The number of aromatic nitrogens is 1. The first-order valence-electron chi connectivity index (χ1n) is 10.9. The summed E-state index contributed by atoms with van der Waals surface area (Å²) in [6.45, 7) is 5.81. The molecule has 1 aromatic heterocycles. The monoisotopic (exact) mass is 535 g/mol. The van der Waals surface area contributed by atoms with Crippen LogP contribution in [0, 0.1) is 5.41 Å². The van der Waals surface area contributed by atoms with Crippen LogP contribution >= 0.6 is 0 Å². The van der Waals surface area contributed by atoms with Crippen LogP contribution < -0.4 is 4.72 Å². The fourth-order valence-corrected chi connectivity index (χ4v) is 4.67. The Morgan fingerprint density at radius 3 is 2.11 bits per heavy atom. The summed E-state index contributed by atoms with van der Waals surface area (Å²) in [6.07, 6.45) is -8.40. The van der Waals surface area contributed by atoms with Crippen molar-refractivity contribution in [1.82, 2.24) is 13.6 Å². The molecular weight excluding hydrogens is 508 g/mol. The third-order valence-electron chi connectivity index (χ3n) is 5.49. The van der Waals surface area contributed by atoms with E-state index in [4.69, 9.17) is 0 Å². The Morgan fingerprint density at radius 1 is 0.972 bits per heavy atom. The average molecular weight is 536 g/mol. The van der Waals surface area contributed by atoms with Crippen molar-refractivity contribution in [3.05, 3.63) is 59.8 Å². The molecule has 5 nitrogen and oxygen atoms in total. The first kappa shape index (κ1) is 28.0. The van der Waals surface area contributed by atoms with E-state index in [2.05, 4.69) is 0 Å². The van der Waals surface area contributed by atoms with E-state index in [1.165, 1.54) is 47.2 Å². The van der Waals surface area contributed by atoms with Crippen LogP contribution in [0.15, 0.2) is 48.7 Å². The predicted molar refractivity (Wildman–Crippen MR) is 126 cm³/mol. The number of nitrogens with one attached hydrogen (secondary N) is 1. The maximum absolute atomic E-state index is 14.1. The van der Waals surface area contributed by atoms with Gasteiger partial charge in [-0.05, 0) is 28.7 Å². The van der Waals surface area contributed by atoms with Crippen molar-refractivity contribution in [2.45, 2.75) is 45.7 Å². The molecule has 36 heavy (non-hydrogen) atoms. The Labute approximate surface area is 205 Å². The van der Waals surface area contributed by atoms with Gasteiger partial charge in [0.05, 0.1) is 5.56 Å². The van der Waals surface area contributed by atoms with Gasteiger partial charge in [0.25, 0.3) is 10.2 Å². The lowest BCUT2D eigenvalue weighted by Gasteiger charge is -2.23. The number of alkyl halides is 6. The second-order valence-corrected chi connectivity index (χ2v) is 11.8. The Kier molecular flexibility index (Phi) is 7.30. The van der Waals surface area contributed by atoms with Crippen molar-refractivity contribution in [1.29, 1.82) is 0 Å². The minimum atomic E-state index is -4.98. The molecule has 2 aromatic carbocycles. The normalized spacial score (nSPS) is 14.6. The Hall–Kier alpha value is -2.57. The fraction of sp³-hybridized carbons (Fsp3) is 0.417. The molecule has 0 unspecified atom stereocenters. The largest absolute Gasteiger partial charge is 0.417 e. The fourth-order valence-electron chi connectivity index (χ4n) is 3.90. The zero-order chi connectivity index (χ0) is 27.3. The van der Waals surface area contributed by atoms with E-state index in [1.807, 2.05) is 20.8 Å². The second kappa shape index (κ2) is 9.38. The summed E-state index contributed by atoms with van der Waals surface area (Å²) < 4.78 is 112. The summed E-state index contributed by atoms with van der Waals surface area (Å²) in [5, 5.41) is 0.0799. The average Bonchev–Trinajstić information content (AvgIpc) is 3.06. The molecule has 0 amide bonds. The number of hydrogen-bond donors (Lipinski definition) is 1. The van der Waals surface area contributed by atoms with Gasteiger partial charge in [0.1, 0.15) is 6.04 Å². The highest BCUT2D eigenvalue weighted by molar-refractivity contribution is 7.87. The van der Waals surface area contributed by atoms with Crippen LogP contribution in [0.5, 0.6) is 0 Å². The van der Waals surface area contributed by atoms with E-state index in [0.717, 1.165) is 20.2 Å². The van der Waals surface area contributed by atoms with E-state index in [9.17, 15) is 34.8 Å². The molecule has 0 bridgehead atoms. The molecule has 0 aliphatic carbocycles. The van der Waals surface area contributed by atoms with Crippen LogP contribution in [0.1, 0.15) is 37.9 Å². The smallest absolute Gasteiger partial charge is 0.347 e. The van der Waals surface area contributed by atoms with Gasteiger partial charge in [-0.15, -0.1) is 0 Å². The van der Waals surface area contributed by atoms with Crippen molar-refractivity contribution < 1.29 is 34.8 Å². The summed E-state index contributed by atoms with van der Waals surface area (Å²) in [7, 11) is -2.27. The standard InChI is InChI=1S/C24H27F6N3O2S/c1-22(2,3)14-33-13-18(21(24(28,29)30)31-36(34,35)32(4)5)17-11-10-15(12-20(17)33)16-8-6-7-9-19(16)23(25,26)27/h6-13,21,31H,14H2,1-5H3/t21-/m0/s1. The van der Waals surface area contributed by atoms with Crippen LogP contribution in [0.25, 0.3) is 22.0 Å². The molecule has 0 aliphatic rings. The van der Waals surface area contributed by atoms with Gasteiger partial charge in [-0.2, -0.15) is 43.8 Å². The predicted octanol–water partition coefficient (Wildman–Crippen LogP) is 6.37. The number of halogens is 6. The molecule has 0 saturated carbocycles. The highest BCUT2D eigenvalue weighted by atomic mass is 32.2. The summed E-state index contributed by atoms with van der Waals surface area (Å²) in [5.74, 6) is 0. The van der Waals surface area contributed by atoms with Crippen LogP contribution in [0.3, 0.4) is 0 Å². The Morgan fingerprint density at radius 2 is 1.58 bits per heavy atom. The van der Waals surface area contributed by atoms with Gasteiger partial charge in [0.2, 0.25) is 0 Å². The molecular formula is C24H27F6N3O2S. The van der Waals surface area contributed by atoms with E-state index in [1.54, 1.807) is 4.72 Å². The highest BCUT2D eigenvalue weighted by Gasteiger charge is 2.45. The molecule has 0 aliphatic heterocycles. The van der Waals surface area contributed by atoms with E-state index in [-0.39, 0.29) is 34.1 Å². The summed E-state index contributed by atoms with van der Waals surface area (Å²) in [5.41, 5.74) is -1.30. The molecule has 1 N–H and O–H groups in total. The molecule has 12 heteroatoms. The van der Waals surface area contributed by atoms with Gasteiger partial charge in [0, 0.05) is 43.3 Å². The minimum absolute atomic E-state index is 0.0799. The lowest BCUT2D eigenvalue weighted by Crippen LogP contribution is -2.43. The maximum atomic E-state index is 14.1. The van der Waals surface area contributed by atoms with Crippen LogP contribution in [-0.4, -0.2) is 37.6 Å². The van der Waals surface area contributed by atoms with Crippen molar-refractivity contribution in [2.75, 3.05) is 14.1 Å². The number of hydrogen-bond acceptors (Lipinski definition) is 2. The van der Waals surface area contributed by atoms with Crippen molar-refractivity contribution in [3.8, 4) is 11.1 Å². The third kappa shape index (κ3) is 6.04. The van der Waals surface area contributed by atoms with E-state index in [0.29, 0.717) is 4.31 Å². The zero-order valence-corrected chi connectivity index (χ0v) is 21.1. The minimum Gasteiger partial charge on any atom is -0.347 e. The van der Waals surface area contributed by atoms with Gasteiger partial charge < -0.3 is 4.57 Å². The lowest BCUT2D eigenvalue weighted by atomic mass is 9.96. The Bertz CT molecular complexity index is 1350. The zero-order valence-electron chi connectivity index (χ0n) is 20.3. The van der Waals surface area contributed by atoms with Gasteiger partial charge in [-0.1, -0.05) is 51.1 Å². The summed E-state index contributed by atoms with van der Waals surface area (Å²) >= 11 is 0. The van der Waals surface area contributed by atoms with Gasteiger partial charge in [0.15, 0.2) is 0 Å².